The molecule has 2 aromatic rings. The molecular formula is C15H20N2O2S. The van der Waals surface area contributed by atoms with E-state index in [0.29, 0.717) is 32.4 Å². The summed E-state index contributed by atoms with van der Waals surface area (Å²) in [5.74, 6) is 0.139. The van der Waals surface area contributed by atoms with Gasteiger partial charge in [0.1, 0.15) is 0 Å². The maximum Gasteiger partial charge on any atom is 0.222 e. The lowest BCUT2D eigenvalue weighted by Crippen LogP contribution is -2.32. The normalized spacial score (nSPS) is 10.9. The molecule has 0 aliphatic carbocycles. The van der Waals surface area contributed by atoms with E-state index in [0.717, 1.165) is 10.5 Å². The van der Waals surface area contributed by atoms with Crippen LogP contribution in [-0.2, 0) is 11.2 Å². The number of para-hydroxylation sites is 1. The van der Waals surface area contributed by atoms with Crippen molar-refractivity contribution in [1.82, 2.24) is 9.88 Å². The topological polar surface area (TPSA) is 53.4 Å². The number of benzene rings is 1. The molecule has 1 N–H and O–H groups in total. The van der Waals surface area contributed by atoms with E-state index < -0.39 is 0 Å². The first-order chi connectivity index (χ1) is 9.74. The van der Waals surface area contributed by atoms with Gasteiger partial charge in [-0.25, -0.2) is 4.98 Å². The second-order valence-electron chi connectivity index (χ2n) is 4.63. The van der Waals surface area contributed by atoms with Gasteiger partial charge in [-0.3, -0.25) is 4.79 Å². The van der Waals surface area contributed by atoms with Crippen LogP contribution in [0.3, 0.4) is 0 Å². The van der Waals surface area contributed by atoms with Crippen LogP contribution < -0.4 is 0 Å². The number of aliphatic hydroxyl groups is 1. The second-order valence-corrected chi connectivity index (χ2v) is 5.74. The lowest BCUT2D eigenvalue weighted by molar-refractivity contribution is -0.131. The molecule has 0 spiro atoms. The van der Waals surface area contributed by atoms with E-state index in [1.807, 2.05) is 25.1 Å². The van der Waals surface area contributed by atoms with Crippen LogP contribution >= 0.6 is 11.3 Å². The molecule has 1 amide bonds. The summed E-state index contributed by atoms with van der Waals surface area (Å²) >= 11 is 1.65. The van der Waals surface area contributed by atoms with Gasteiger partial charge < -0.3 is 10.0 Å². The third-order valence-electron chi connectivity index (χ3n) is 3.21. The minimum atomic E-state index is 0.127. The maximum absolute atomic E-state index is 12.1. The van der Waals surface area contributed by atoms with Gasteiger partial charge in [-0.2, -0.15) is 0 Å². The molecule has 1 heterocycles. The van der Waals surface area contributed by atoms with E-state index in [1.165, 1.54) is 4.70 Å². The lowest BCUT2D eigenvalue weighted by Gasteiger charge is -2.20. The van der Waals surface area contributed by atoms with Gasteiger partial charge in [0.25, 0.3) is 0 Å². The smallest absolute Gasteiger partial charge is 0.222 e. The van der Waals surface area contributed by atoms with Gasteiger partial charge in [0.15, 0.2) is 0 Å². The van der Waals surface area contributed by atoms with Crippen molar-refractivity contribution >= 4 is 27.5 Å². The molecule has 0 radical (unpaired) electrons. The van der Waals surface area contributed by atoms with Crippen LogP contribution in [0.4, 0.5) is 0 Å². The summed E-state index contributed by atoms with van der Waals surface area (Å²) in [6.07, 6.45) is 1.81. The average Bonchev–Trinajstić information content (AvgIpc) is 2.88. The number of aromatic nitrogens is 1. The largest absolute Gasteiger partial charge is 0.396 e. The molecule has 2 rings (SSSR count). The number of carbonyl (C=O) groups is 1. The van der Waals surface area contributed by atoms with Gasteiger partial charge in [-0.15, -0.1) is 11.3 Å². The average molecular weight is 292 g/mol. The maximum atomic E-state index is 12.1. The minimum Gasteiger partial charge on any atom is -0.396 e. The van der Waals surface area contributed by atoms with Crippen molar-refractivity contribution in [1.29, 1.82) is 0 Å². The zero-order valence-corrected chi connectivity index (χ0v) is 12.5. The number of hydrogen-bond acceptors (Lipinski definition) is 4. The molecule has 0 aliphatic rings. The van der Waals surface area contributed by atoms with Gasteiger partial charge in [0.05, 0.1) is 15.2 Å². The molecule has 20 heavy (non-hydrogen) atoms. The summed E-state index contributed by atoms with van der Waals surface area (Å²) in [6.45, 7) is 3.42. The Hall–Kier alpha value is -1.46. The number of nitrogens with zero attached hydrogens (tertiary/aromatic N) is 2. The van der Waals surface area contributed by atoms with E-state index >= 15 is 0 Å². The summed E-state index contributed by atoms with van der Waals surface area (Å²) in [5.41, 5.74) is 1.01. The van der Waals surface area contributed by atoms with E-state index in [9.17, 15) is 4.79 Å². The lowest BCUT2D eigenvalue weighted by atomic mass is 10.2. The molecule has 4 nitrogen and oxygen atoms in total. The zero-order valence-electron chi connectivity index (χ0n) is 11.7. The Bertz CT molecular complexity index is 535. The molecule has 0 saturated carbocycles. The predicted octanol–water partition coefficient (Wildman–Crippen LogP) is 2.46. The molecule has 0 saturated heterocycles. The van der Waals surface area contributed by atoms with Crippen LogP contribution in [0.15, 0.2) is 24.3 Å². The third-order valence-corrected chi connectivity index (χ3v) is 4.31. The Balaban J connectivity index is 1.91. The highest BCUT2D eigenvalue weighted by Crippen LogP contribution is 2.22. The Labute approximate surface area is 123 Å². The number of amides is 1. The zero-order chi connectivity index (χ0) is 14.4. The van der Waals surface area contributed by atoms with Crippen molar-refractivity contribution in [3.63, 3.8) is 0 Å². The summed E-state index contributed by atoms with van der Waals surface area (Å²) in [7, 11) is 0. The van der Waals surface area contributed by atoms with Gasteiger partial charge >= 0.3 is 0 Å². The van der Waals surface area contributed by atoms with Crippen LogP contribution in [0.25, 0.3) is 10.2 Å². The van der Waals surface area contributed by atoms with Gasteiger partial charge in [-0.1, -0.05) is 12.1 Å². The fourth-order valence-corrected chi connectivity index (χ4v) is 3.09. The fraction of sp³-hybridized carbons (Fsp3) is 0.467. The van der Waals surface area contributed by atoms with Gasteiger partial charge in [0.2, 0.25) is 5.91 Å². The molecule has 0 bridgehead atoms. The van der Waals surface area contributed by atoms with Crippen molar-refractivity contribution in [3.05, 3.63) is 29.3 Å². The molecule has 108 valence electrons. The SMILES string of the molecule is CCN(CCCO)C(=O)CCc1nc2ccccc2s1. The van der Waals surface area contributed by atoms with Gasteiger partial charge in [0, 0.05) is 32.5 Å². The molecule has 0 fully saturated rings. The monoisotopic (exact) mass is 292 g/mol. The van der Waals surface area contributed by atoms with Gasteiger partial charge in [-0.05, 0) is 25.5 Å². The van der Waals surface area contributed by atoms with E-state index in [-0.39, 0.29) is 12.5 Å². The number of hydrogen-bond donors (Lipinski definition) is 1. The van der Waals surface area contributed by atoms with Crippen molar-refractivity contribution in [2.24, 2.45) is 0 Å². The molecule has 1 aromatic heterocycles. The Morgan fingerprint density at radius 2 is 2.20 bits per heavy atom. The first kappa shape index (κ1) is 14.9. The molecule has 0 aliphatic heterocycles. The van der Waals surface area contributed by atoms with Crippen LogP contribution in [0.2, 0.25) is 0 Å². The van der Waals surface area contributed by atoms with E-state index in [1.54, 1.807) is 16.2 Å². The van der Waals surface area contributed by atoms with Crippen molar-refractivity contribution in [2.75, 3.05) is 19.7 Å². The number of rotatable bonds is 7. The molecular weight excluding hydrogens is 272 g/mol. The standard InChI is InChI=1S/C15H20N2O2S/c1-2-17(10-5-11-18)15(19)9-8-14-16-12-6-3-4-7-13(12)20-14/h3-4,6-7,18H,2,5,8-11H2,1H3. The highest BCUT2D eigenvalue weighted by molar-refractivity contribution is 7.18. The first-order valence-corrected chi connectivity index (χ1v) is 7.79. The van der Waals surface area contributed by atoms with Crippen molar-refractivity contribution < 1.29 is 9.90 Å². The number of carbonyl (C=O) groups excluding carboxylic acids is 1. The Kier molecular flexibility index (Phi) is 5.49. The predicted molar refractivity (Wildman–Crippen MR) is 81.9 cm³/mol. The van der Waals surface area contributed by atoms with Crippen LogP contribution in [0.1, 0.15) is 24.8 Å². The first-order valence-electron chi connectivity index (χ1n) is 6.97. The summed E-state index contributed by atoms with van der Waals surface area (Å²) < 4.78 is 1.17. The third kappa shape index (κ3) is 3.77. The number of aliphatic hydroxyl groups excluding tert-OH is 1. The fourth-order valence-electron chi connectivity index (χ4n) is 2.12. The Morgan fingerprint density at radius 3 is 2.90 bits per heavy atom. The van der Waals surface area contributed by atoms with E-state index in [2.05, 4.69) is 11.1 Å². The van der Waals surface area contributed by atoms with Crippen molar-refractivity contribution in [2.45, 2.75) is 26.2 Å². The number of fused-ring (bicyclic) bond motifs is 1. The molecule has 5 heteroatoms. The minimum absolute atomic E-state index is 0.127. The second kappa shape index (κ2) is 7.36. The molecule has 0 unspecified atom stereocenters. The quantitative estimate of drug-likeness (QED) is 0.853. The molecule has 0 atom stereocenters. The van der Waals surface area contributed by atoms with Crippen LogP contribution in [0.5, 0.6) is 0 Å². The van der Waals surface area contributed by atoms with Crippen molar-refractivity contribution in [3.8, 4) is 0 Å². The Morgan fingerprint density at radius 1 is 1.40 bits per heavy atom. The molecule has 1 aromatic carbocycles. The van der Waals surface area contributed by atoms with Crippen LogP contribution in [0, 0.1) is 0 Å². The highest BCUT2D eigenvalue weighted by atomic mass is 32.1. The summed E-state index contributed by atoms with van der Waals surface area (Å²) in [6, 6.07) is 8.03. The highest BCUT2D eigenvalue weighted by Gasteiger charge is 2.12. The summed E-state index contributed by atoms with van der Waals surface area (Å²) in [5, 5.41) is 9.85. The van der Waals surface area contributed by atoms with E-state index in [4.69, 9.17) is 5.11 Å². The summed E-state index contributed by atoms with van der Waals surface area (Å²) in [4.78, 5) is 18.4. The number of thiazole rings is 1. The number of aryl methyl sites for hydroxylation is 1. The van der Waals surface area contributed by atoms with Crippen LogP contribution in [-0.4, -0.2) is 40.6 Å².